The molecule has 2 aromatic carbocycles. The van der Waals surface area contributed by atoms with Crippen molar-refractivity contribution < 1.29 is 19.4 Å². The summed E-state index contributed by atoms with van der Waals surface area (Å²) in [4.78, 5) is 26.9. The fraction of sp³-hybridized carbons (Fsp3) is 0.364. The molecule has 1 aliphatic rings. The number of piperidine rings is 1. The Hall–Kier alpha value is -2.54. The second-order valence-corrected chi connectivity index (χ2v) is 8.23. The zero-order valence-corrected chi connectivity index (χ0v) is 18.3. The van der Waals surface area contributed by atoms with E-state index in [2.05, 4.69) is 40.0 Å². The topological polar surface area (TPSA) is 78.9 Å². The molecule has 1 saturated heterocycles. The molecule has 0 aliphatic carbocycles. The van der Waals surface area contributed by atoms with E-state index in [9.17, 15) is 14.7 Å². The molecular weight excluding hydrogens is 436 g/mol. The fourth-order valence-corrected chi connectivity index (χ4v) is 4.34. The van der Waals surface area contributed by atoms with E-state index >= 15 is 0 Å². The third-order valence-corrected chi connectivity index (χ3v) is 6.07. The highest BCUT2D eigenvalue weighted by Gasteiger charge is 2.28. The van der Waals surface area contributed by atoms with Crippen LogP contribution >= 0.6 is 15.9 Å². The molecule has 2 aromatic rings. The normalized spacial score (nSPS) is 19.0. The van der Waals surface area contributed by atoms with Gasteiger partial charge >= 0.3 is 5.97 Å². The molecule has 2 N–H and O–H groups in total. The summed E-state index contributed by atoms with van der Waals surface area (Å²) in [5.41, 5.74) is 1.72. The molecule has 1 aliphatic heterocycles. The average Bonchev–Trinajstić information content (AvgIpc) is 2.68. The number of carboxylic acids is 1. The number of hydrogen-bond donors (Lipinski definition) is 2. The second-order valence-electron chi connectivity index (χ2n) is 7.37. The molecule has 3 rings (SSSR count). The lowest BCUT2D eigenvalue weighted by atomic mass is 9.95. The van der Waals surface area contributed by atoms with E-state index in [1.165, 1.54) is 13.2 Å². The van der Waals surface area contributed by atoms with Crippen molar-refractivity contribution in [1.29, 1.82) is 0 Å². The maximum atomic E-state index is 12.7. The highest BCUT2D eigenvalue weighted by molar-refractivity contribution is 9.10. The van der Waals surface area contributed by atoms with Crippen LogP contribution in [0.4, 0.5) is 11.4 Å². The largest absolute Gasteiger partial charge is 0.497 e. The number of carbonyl (C=O) groups is 2. The first-order valence-electron chi connectivity index (χ1n) is 9.62. The van der Waals surface area contributed by atoms with E-state index in [1.807, 2.05) is 0 Å². The Morgan fingerprint density at radius 1 is 1.10 bits per heavy atom. The van der Waals surface area contributed by atoms with Crippen LogP contribution in [0.5, 0.6) is 5.75 Å². The number of aromatic carboxylic acids is 1. The minimum atomic E-state index is -1.01. The number of carbonyl (C=O) groups excluding carboxylic acids is 1. The standard InChI is InChI=1S/C22H25BrN2O4/c1-13-5-4-6-14(2)25(13)20-10-7-15(11-18(20)22(27)28)24-21(26)17-12-16(29-3)8-9-19(17)23/h7-14H,4-6H2,1-3H3,(H,24,26)(H,27,28)/t13-,14+. The molecule has 1 heterocycles. The number of methoxy groups -OCH3 is 1. The lowest BCUT2D eigenvalue weighted by Gasteiger charge is -2.41. The van der Waals surface area contributed by atoms with Crippen molar-refractivity contribution in [3.05, 3.63) is 52.0 Å². The third-order valence-electron chi connectivity index (χ3n) is 5.37. The van der Waals surface area contributed by atoms with Crippen LogP contribution in [-0.4, -0.2) is 36.2 Å². The summed E-state index contributed by atoms with van der Waals surface area (Å²) in [6.07, 6.45) is 3.21. The van der Waals surface area contributed by atoms with Crippen molar-refractivity contribution in [2.75, 3.05) is 17.3 Å². The maximum absolute atomic E-state index is 12.7. The number of anilines is 2. The van der Waals surface area contributed by atoms with Crippen molar-refractivity contribution in [3.63, 3.8) is 0 Å². The lowest BCUT2D eigenvalue weighted by molar-refractivity contribution is 0.0697. The number of rotatable bonds is 5. The zero-order chi connectivity index (χ0) is 21.1. The second kappa shape index (κ2) is 8.86. The van der Waals surface area contributed by atoms with Gasteiger partial charge in [-0.1, -0.05) is 0 Å². The predicted octanol–water partition coefficient (Wildman–Crippen LogP) is 5.18. The molecule has 154 valence electrons. The summed E-state index contributed by atoms with van der Waals surface area (Å²) < 4.78 is 5.81. The summed E-state index contributed by atoms with van der Waals surface area (Å²) in [7, 11) is 1.53. The van der Waals surface area contributed by atoms with Crippen LogP contribution in [0.2, 0.25) is 0 Å². The van der Waals surface area contributed by atoms with Gasteiger partial charge in [0.2, 0.25) is 0 Å². The van der Waals surface area contributed by atoms with Crippen LogP contribution < -0.4 is 15.0 Å². The van der Waals surface area contributed by atoms with E-state index in [1.54, 1.807) is 30.3 Å². The fourth-order valence-electron chi connectivity index (χ4n) is 3.91. The van der Waals surface area contributed by atoms with Gasteiger partial charge in [0.05, 0.1) is 23.9 Å². The molecule has 2 atom stereocenters. The van der Waals surface area contributed by atoms with Gasteiger partial charge in [-0.05, 0) is 85.4 Å². The summed E-state index contributed by atoms with van der Waals surface area (Å²) in [6.45, 7) is 4.24. The Morgan fingerprint density at radius 2 is 1.79 bits per heavy atom. The van der Waals surface area contributed by atoms with Crippen molar-refractivity contribution in [1.82, 2.24) is 0 Å². The first-order valence-corrected chi connectivity index (χ1v) is 10.4. The van der Waals surface area contributed by atoms with Crippen LogP contribution in [0, 0.1) is 0 Å². The number of hydrogen-bond acceptors (Lipinski definition) is 4. The van der Waals surface area contributed by atoms with Crippen LogP contribution in [0.15, 0.2) is 40.9 Å². The first-order chi connectivity index (χ1) is 13.8. The van der Waals surface area contributed by atoms with Crippen molar-refractivity contribution in [3.8, 4) is 5.75 Å². The molecule has 0 saturated carbocycles. The third kappa shape index (κ3) is 4.56. The number of ether oxygens (including phenoxy) is 1. The molecule has 0 aromatic heterocycles. The van der Waals surface area contributed by atoms with Gasteiger partial charge in [-0.3, -0.25) is 4.79 Å². The Kier molecular flexibility index (Phi) is 6.47. The monoisotopic (exact) mass is 460 g/mol. The number of nitrogens with zero attached hydrogens (tertiary/aromatic N) is 1. The molecule has 0 unspecified atom stereocenters. The van der Waals surface area contributed by atoms with Gasteiger partial charge in [-0.25, -0.2) is 4.79 Å². The molecule has 7 heteroatoms. The lowest BCUT2D eigenvalue weighted by Crippen LogP contribution is -2.44. The summed E-state index contributed by atoms with van der Waals surface area (Å²) in [5, 5.41) is 12.6. The van der Waals surface area contributed by atoms with E-state index in [0.717, 1.165) is 19.3 Å². The van der Waals surface area contributed by atoms with Gasteiger partial charge in [-0.15, -0.1) is 0 Å². The van der Waals surface area contributed by atoms with Gasteiger partial charge in [0, 0.05) is 22.2 Å². The van der Waals surface area contributed by atoms with Crippen molar-refractivity contribution in [2.24, 2.45) is 0 Å². The average molecular weight is 461 g/mol. The van der Waals surface area contributed by atoms with Gasteiger partial charge in [0.1, 0.15) is 5.75 Å². The van der Waals surface area contributed by atoms with Crippen LogP contribution in [-0.2, 0) is 0 Å². The maximum Gasteiger partial charge on any atom is 0.337 e. The van der Waals surface area contributed by atoms with Crippen LogP contribution in [0.25, 0.3) is 0 Å². The molecule has 0 bridgehead atoms. The summed E-state index contributed by atoms with van der Waals surface area (Å²) in [6, 6.07) is 10.7. The van der Waals surface area contributed by atoms with E-state index in [4.69, 9.17) is 4.74 Å². The SMILES string of the molecule is COc1ccc(Br)c(C(=O)Nc2ccc(N3[C@H](C)CCC[C@@H]3C)c(C(=O)O)c2)c1. The number of nitrogens with one attached hydrogen (secondary N) is 1. The van der Waals surface area contributed by atoms with Gasteiger partial charge in [0.25, 0.3) is 5.91 Å². The molecule has 1 amide bonds. The zero-order valence-electron chi connectivity index (χ0n) is 16.7. The van der Waals surface area contributed by atoms with Crippen LogP contribution in [0.3, 0.4) is 0 Å². The van der Waals surface area contributed by atoms with E-state index in [-0.39, 0.29) is 23.6 Å². The quantitative estimate of drug-likeness (QED) is 0.642. The minimum absolute atomic E-state index is 0.188. The number of carboxylic acid groups (broad SMARTS) is 1. The Labute approximate surface area is 179 Å². The predicted molar refractivity (Wildman–Crippen MR) is 117 cm³/mol. The van der Waals surface area contributed by atoms with Crippen LogP contribution in [0.1, 0.15) is 53.8 Å². The molecule has 6 nitrogen and oxygen atoms in total. The minimum Gasteiger partial charge on any atom is -0.497 e. The van der Waals surface area contributed by atoms with E-state index < -0.39 is 5.97 Å². The van der Waals surface area contributed by atoms with Gasteiger partial charge < -0.3 is 20.1 Å². The number of amides is 1. The first kappa shape index (κ1) is 21.2. The Bertz CT molecular complexity index is 921. The number of benzene rings is 2. The molecule has 0 radical (unpaired) electrons. The molecule has 29 heavy (non-hydrogen) atoms. The Morgan fingerprint density at radius 3 is 2.41 bits per heavy atom. The molecule has 0 spiro atoms. The number of halogens is 1. The Balaban J connectivity index is 1.91. The van der Waals surface area contributed by atoms with Gasteiger partial charge in [-0.2, -0.15) is 0 Å². The smallest absolute Gasteiger partial charge is 0.337 e. The summed E-state index contributed by atoms with van der Waals surface area (Å²) in [5.74, 6) is -0.795. The van der Waals surface area contributed by atoms with E-state index in [0.29, 0.717) is 27.2 Å². The van der Waals surface area contributed by atoms with Gasteiger partial charge in [0.15, 0.2) is 0 Å². The van der Waals surface area contributed by atoms with Crippen molar-refractivity contribution in [2.45, 2.75) is 45.2 Å². The van der Waals surface area contributed by atoms with Crippen molar-refractivity contribution >= 4 is 39.2 Å². The highest BCUT2D eigenvalue weighted by Crippen LogP contribution is 2.33. The summed E-state index contributed by atoms with van der Waals surface area (Å²) >= 11 is 3.37. The molecule has 1 fully saturated rings. The highest BCUT2D eigenvalue weighted by atomic mass is 79.9. The molecular formula is C22H25BrN2O4.